The number of nitrogens with zero attached hydrogens (tertiary/aromatic N) is 6. The van der Waals surface area contributed by atoms with Crippen molar-refractivity contribution in [3.63, 3.8) is 0 Å². The van der Waals surface area contributed by atoms with E-state index in [-0.39, 0.29) is 0 Å². The Morgan fingerprint density at radius 2 is 0.714 bits per heavy atom. The van der Waals surface area contributed by atoms with E-state index in [9.17, 15) is 10.5 Å². The van der Waals surface area contributed by atoms with Gasteiger partial charge in [-0.25, -0.2) is 0 Å². The third-order valence-corrected chi connectivity index (χ3v) is 14.7. The monoisotopic (exact) mass is 892 g/mol. The normalized spacial score (nSPS) is 12.0. The number of hydrogen-bond donors (Lipinski definition) is 0. The molecule has 7 heteroatoms. The van der Waals surface area contributed by atoms with E-state index in [1.165, 1.54) is 0 Å². The summed E-state index contributed by atoms with van der Waals surface area (Å²) >= 11 is 0. The maximum Gasteiger partial charge on any atom is 0.137 e. The molecule has 0 aliphatic heterocycles. The fraction of sp³-hybridized carbons (Fsp3) is 0.0159. The largest absolute Gasteiger partial charge is 0.456 e. The molecule has 0 fully saturated rings. The quantitative estimate of drug-likeness (QED) is 0.176. The lowest BCUT2D eigenvalue weighted by molar-refractivity contribution is 0.669. The minimum Gasteiger partial charge on any atom is -0.456 e. The lowest BCUT2D eigenvalue weighted by Gasteiger charge is -2.27. The summed E-state index contributed by atoms with van der Waals surface area (Å²) in [6.07, 6.45) is 0. The van der Waals surface area contributed by atoms with E-state index in [1.54, 1.807) is 0 Å². The summed E-state index contributed by atoms with van der Waals surface area (Å²) in [5.41, 5.74) is 13.2. The Bertz CT molecular complexity index is 4570. The van der Waals surface area contributed by atoms with Crippen LogP contribution in [0.3, 0.4) is 0 Å². The minimum atomic E-state index is 0.355. The van der Waals surface area contributed by atoms with Crippen LogP contribution in [0.1, 0.15) is 16.7 Å². The van der Waals surface area contributed by atoms with Crippen LogP contribution in [0.2, 0.25) is 0 Å². The zero-order valence-electron chi connectivity index (χ0n) is 37.6. The molecule has 0 aliphatic rings. The Hall–Kier alpha value is -9.82. The van der Waals surface area contributed by atoms with E-state index in [4.69, 9.17) is 4.42 Å². The molecule has 0 saturated heterocycles. The molecular formula is C63H36N6O. The van der Waals surface area contributed by atoms with E-state index in [2.05, 4.69) is 219 Å². The molecule has 7 nitrogen and oxygen atoms in total. The van der Waals surface area contributed by atoms with Crippen LogP contribution in [0.4, 0.5) is 0 Å². The molecule has 0 unspecified atom stereocenters. The van der Waals surface area contributed by atoms with Gasteiger partial charge in [-0.2, -0.15) is 10.5 Å². The molecule has 15 aromatic rings. The third kappa shape index (κ3) is 4.89. The average molecular weight is 893 g/mol. The average Bonchev–Trinajstić information content (AvgIpc) is 4.21. The lowest BCUT2D eigenvalue weighted by atomic mass is 9.98. The SMILES string of the molecule is Cc1ccc2c(c1)c1ccc3oc4ccccc4c3c1n2-c1c(C#N)c(-n2c3ccccc3c3ccccc32)c(-n2c3ccccc3c3ccccc32)c(-n2c3ccccc3c3ccccc32)c1C#N. The molecule has 0 spiro atoms. The number of benzene rings is 10. The number of aromatic nitrogens is 4. The van der Waals surface area contributed by atoms with Crippen molar-refractivity contribution in [1.29, 1.82) is 10.5 Å². The molecule has 324 valence electrons. The molecule has 0 amide bonds. The lowest BCUT2D eigenvalue weighted by Crippen LogP contribution is -2.17. The smallest absolute Gasteiger partial charge is 0.137 e. The van der Waals surface area contributed by atoms with Gasteiger partial charge in [0.1, 0.15) is 34.4 Å². The Labute approximate surface area is 399 Å². The van der Waals surface area contributed by atoms with Crippen molar-refractivity contribution in [1.82, 2.24) is 18.3 Å². The summed E-state index contributed by atoms with van der Waals surface area (Å²) in [7, 11) is 0. The van der Waals surface area contributed by atoms with Gasteiger partial charge in [-0.15, -0.1) is 0 Å². The number of furan rings is 1. The maximum atomic E-state index is 12.5. The Morgan fingerprint density at radius 3 is 1.16 bits per heavy atom. The summed E-state index contributed by atoms with van der Waals surface area (Å²) in [5.74, 6) is 0. The summed E-state index contributed by atoms with van der Waals surface area (Å²) in [4.78, 5) is 0. The highest BCUT2D eigenvalue weighted by atomic mass is 16.3. The Kier molecular flexibility index (Phi) is 7.72. The fourth-order valence-corrected chi connectivity index (χ4v) is 11.9. The second kappa shape index (κ2) is 14.1. The van der Waals surface area contributed by atoms with E-state index in [0.717, 1.165) is 115 Å². The van der Waals surface area contributed by atoms with Crippen LogP contribution < -0.4 is 0 Å². The number of para-hydroxylation sites is 7. The molecule has 0 atom stereocenters. The van der Waals surface area contributed by atoms with Gasteiger partial charge in [0.15, 0.2) is 0 Å². The van der Waals surface area contributed by atoms with Crippen LogP contribution in [0, 0.1) is 29.6 Å². The summed E-state index contributed by atoms with van der Waals surface area (Å²) in [5, 5.41) is 35.2. The second-order valence-corrected chi connectivity index (χ2v) is 18.3. The van der Waals surface area contributed by atoms with E-state index < -0.39 is 0 Å². The maximum absolute atomic E-state index is 12.5. The highest BCUT2D eigenvalue weighted by Crippen LogP contribution is 2.50. The first-order chi connectivity index (χ1) is 34.6. The number of rotatable bonds is 4. The standard InChI is InChI=1S/C63H36N6O/c1-37-30-32-55-46(34-37)44-31-33-57-58(45-22-8-15-29-56(45)70-57)60(44)69(55)59-47(35-64)61(66-49-23-9-2-16-38(49)39-17-3-10-24-50(39)66)63(68-53-27-13-6-20-42(53)43-21-7-14-28-54(43)68)62(48(59)36-65)67-51-25-11-4-18-40(51)41-19-5-12-26-52(41)67/h2-34H,1H3. The zero-order chi connectivity index (χ0) is 46.4. The van der Waals surface area contributed by atoms with Gasteiger partial charge >= 0.3 is 0 Å². The molecule has 0 N–H and O–H groups in total. The first-order valence-electron chi connectivity index (χ1n) is 23.5. The van der Waals surface area contributed by atoms with Crippen molar-refractivity contribution in [3.8, 4) is 34.9 Å². The first-order valence-corrected chi connectivity index (χ1v) is 23.5. The molecule has 5 heterocycles. The van der Waals surface area contributed by atoms with Gasteiger partial charge in [0.2, 0.25) is 0 Å². The van der Waals surface area contributed by atoms with Crippen molar-refractivity contribution >= 4 is 109 Å². The molecule has 0 radical (unpaired) electrons. The molecule has 0 bridgehead atoms. The highest BCUT2D eigenvalue weighted by Gasteiger charge is 2.35. The minimum absolute atomic E-state index is 0.355. The van der Waals surface area contributed by atoms with Crippen molar-refractivity contribution in [2.45, 2.75) is 6.92 Å². The van der Waals surface area contributed by atoms with Crippen molar-refractivity contribution in [3.05, 3.63) is 217 Å². The summed E-state index contributed by atoms with van der Waals surface area (Å²) < 4.78 is 15.7. The van der Waals surface area contributed by atoms with E-state index in [1.807, 2.05) is 18.2 Å². The molecule has 10 aromatic carbocycles. The molecular weight excluding hydrogens is 857 g/mol. The van der Waals surface area contributed by atoms with E-state index in [0.29, 0.717) is 33.9 Å². The van der Waals surface area contributed by atoms with Gasteiger partial charge in [-0.3, -0.25) is 0 Å². The van der Waals surface area contributed by atoms with Crippen LogP contribution >= 0.6 is 0 Å². The van der Waals surface area contributed by atoms with Gasteiger partial charge in [-0.05, 0) is 73.7 Å². The van der Waals surface area contributed by atoms with Crippen molar-refractivity contribution in [2.24, 2.45) is 0 Å². The predicted molar refractivity (Wildman–Crippen MR) is 285 cm³/mol. The number of hydrogen-bond acceptors (Lipinski definition) is 3. The van der Waals surface area contributed by atoms with Crippen LogP contribution in [-0.4, -0.2) is 18.3 Å². The van der Waals surface area contributed by atoms with Crippen molar-refractivity contribution < 1.29 is 4.42 Å². The molecule has 15 rings (SSSR count). The predicted octanol–water partition coefficient (Wildman–Crippen LogP) is 16.0. The van der Waals surface area contributed by atoms with Gasteiger partial charge in [0, 0.05) is 48.5 Å². The Balaban J connectivity index is 1.30. The van der Waals surface area contributed by atoms with Gasteiger partial charge in [-0.1, -0.05) is 139 Å². The number of aryl methyl sites for hydroxylation is 1. The van der Waals surface area contributed by atoms with Gasteiger partial charge in [0.05, 0.1) is 72.3 Å². The van der Waals surface area contributed by atoms with Gasteiger partial charge < -0.3 is 22.7 Å². The highest BCUT2D eigenvalue weighted by molar-refractivity contribution is 6.25. The van der Waals surface area contributed by atoms with E-state index >= 15 is 0 Å². The second-order valence-electron chi connectivity index (χ2n) is 18.3. The first kappa shape index (κ1) is 38.3. The number of fused-ring (bicyclic) bond motifs is 16. The zero-order valence-corrected chi connectivity index (χ0v) is 37.6. The summed E-state index contributed by atoms with van der Waals surface area (Å²) in [6, 6.07) is 75.3. The van der Waals surface area contributed by atoms with Crippen LogP contribution in [0.5, 0.6) is 0 Å². The molecule has 0 aliphatic carbocycles. The fourth-order valence-electron chi connectivity index (χ4n) is 11.9. The van der Waals surface area contributed by atoms with Crippen LogP contribution in [0.25, 0.3) is 132 Å². The molecule has 70 heavy (non-hydrogen) atoms. The topological polar surface area (TPSA) is 80.4 Å². The number of nitriles is 2. The van der Waals surface area contributed by atoms with Crippen molar-refractivity contribution in [2.75, 3.05) is 0 Å². The summed E-state index contributed by atoms with van der Waals surface area (Å²) in [6.45, 7) is 2.11. The molecule has 5 aromatic heterocycles. The van der Waals surface area contributed by atoms with Gasteiger partial charge in [0.25, 0.3) is 0 Å². The van der Waals surface area contributed by atoms with Crippen LogP contribution in [-0.2, 0) is 0 Å². The molecule has 0 saturated carbocycles. The Morgan fingerprint density at radius 1 is 0.329 bits per heavy atom. The third-order valence-electron chi connectivity index (χ3n) is 14.7. The van der Waals surface area contributed by atoms with Crippen LogP contribution in [0.15, 0.2) is 205 Å².